The third-order valence-corrected chi connectivity index (χ3v) is 3.29. The van der Waals surface area contributed by atoms with E-state index in [2.05, 4.69) is 60.0 Å². The zero-order chi connectivity index (χ0) is 12.8. The van der Waals surface area contributed by atoms with Gasteiger partial charge >= 0.3 is 0 Å². The van der Waals surface area contributed by atoms with Crippen LogP contribution >= 0.6 is 0 Å². The Morgan fingerprint density at radius 2 is 2.06 bits per heavy atom. The first-order chi connectivity index (χ1) is 8.77. The van der Waals surface area contributed by atoms with Gasteiger partial charge in [0.25, 0.3) is 0 Å². The normalized spacial score (nSPS) is 14.1. The van der Waals surface area contributed by atoms with Crippen molar-refractivity contribution < 1.29 is 0 Å². The van der Waals surface area contributed by atoms with Gasteiger partial charge < -0.3 is 9.80 Å². The quantitative estimate of drug-likeness (QED) is 0.751. The van der Waals surface area contributed by atoms with Crippen LogP contribution in [-0.2, 0) is 6.42 Å². The maximum Gasteiger partial charge on any atom is 0.0794 e. The third-order valence-electron chi connectivity index (χ3n) is 3.29. The largest absolute Gasteiger partial charge is 0.360 e. The van der Waals surface area contributed by atoms with Crippen LogP contribution in [0.5, 0.6) is 0 Å². The smallest absolute Gasteiger partial charge is 0.0794 e. The maximum absolute atomic E-state index is 3.30. The van der Waals surface area contributed by atoms with Gasteiger partial charge in [-0.3, -0.25) is 0 Å². The summed E-state index contributed by atoms with van der Waals surface area (Å²) in [4.78, 5) is 4.58. The Kier molecular flexibility index (Phi) is 4.66. The van der Waals surface area contributed by atoms with Gasteiger partial charge in [-0.25, -0.2) is 0 Å². The summed E-state index contributed by atoms with van der Waals surface area (Å²) >= 11 is 0. The highest BCUT2D eigenvalue weighted by Gasteiger charge is 2.14. The minimum Gasteiger partial charge on any atom is -0.360 e. The van der Waals surface area contributed by atoms with Crippen LogP contribution in [0.4, 0.5) is 5.69 Å². The predicted octanol–water partition coefficient (Wildman–Crippen LogP) is 2.39. The topological polar surface area (TPSA) is 6.48 Å². The molecule has 1 aliphatic heterocycles. The number of benzene rings is 1. The van der Waals surface area contributed by atoms with Crippen molar-refractivity contribution in [2.24, 2.45) is 0 Å². The van der Waals surface area contributed by atoms with E-state index >= 15 is 0 Å². The molecule has 2 rings (SSSR count). The number of hydrogen-bond donors (Lipinski definition) is 0. The monoisotopic (exact) mass is 242 g/mol. The molecule has 2 heteroatoms. The highest BCUT2D eigenvalue weighted by molar-refractivity contribution is 5.56. The summed E-state index contributed by atoms with van der Waals surface area (Å²) in [7, 11) is 4.17. The summed E-state index contributed by atoms with van der Waals surface area (Å²) in [6, 6.07) is 8.71. The van der Waals surface area contributed by atoms with E-state index in [4.69, 9.17) is 0 Å². The van der Waals surface area contributed by atoms with E-state index in [-0.39, 0.29) is 0 Å². The second-order valence-corrected chi connectivity index (χ2v) is 5.06. The van der Waals surface area contributed by atoms with E-state index in [1.54, 1.807) is 0 Å². The molecule has 1 aliphatic rings. The zero-order valence-electron chi connectivity index (χ0n) is 11.4. The molecule has 0 bridgehead atoms. The number of rotatable bonds is 3. The van der Waals surface area contributed by atoms with Crippen molar-refractivity contribution in [3.05, 3.63) is 29.8 Å². The molecule has 0 atom stereocenters. The van der Waals surface area contributed by atoms with Gasteiger partial charge in [-0.15, -0.1) is 5.92 Å². The van der Waals surface area contributed by atoms with E-state index in [0.717, 1.165) is 26.1 Å². The average Bonchev–Trinajstić information content (AvgIpc) is 2.38. The van der Waals surface area contributed by atoms with Crippen LogP contribution in [-0.4, -0.2) is 38.6 Å². The number of aryl methyl sites for hydroxylation is 1. The van der Waals surface area contributed by atoms with Gasteiger partial charge in [0.2, 0.25) is 0 Å². The Hall–Kier alpha value is -1.46. The van der Waals surface area contributed by atoms with Crippen molar-refractivity contribution in [2.75, 3.05) is 38.6 Å². The molecule has 0 radical (unpaired) electrons. The van der Waals surface area contributed by atoms with Gasteiger partial charge in [-0.2, -0.15) is 0 Å². The zero-order valence-corrected chi connectivity index (χ0v) is 11.4. The first-order valence-electron chi connectivity index (χ1n) is 6.70. The Bertz CT molecular complexity index is 440. The standard InChI is InChI=1S/C16H22N2/c1-17(2)12-6-3-7-13-18-14-8-10-15-9-4-5-11-16(15)18/h4-5,9,11H,6,8,10,12-14H2,1-2H3. The van der Waals surface area contributed by atoms with Crippen molar-refractivity contribution in [1.29, 1.82) is 0 Å². The van der Waals surface area contributed by atoms with E-state index < -0.39 is 0 Å². The molecule has 2 nitrogen and oxygen atoms in total. The minimum atomic E-state index is 0.866. The predicted molar refractivity (Wildman–Crippen MR) is 77.9 cm³/mol. The van der Waals surface area contributed by atoms with Crippen molar-refractivity contribution in [1.82, 2.24) is 4.90 Å². The first-order valence-corrected chi connectivity index (χ1v) is 6.70. The molecule has 0 aromatic heterocycles. The summed E-state index contributed by atoms with van der Waals surface area (Å²) in [6.07, 6.45) is 3.42. The van der Waals surface area contributed by atoms with Gasteiger partial charge in [0, 0.05) is 25.2 Å². The molecule has 0 spiro atoms. The van der Waals surface area contributed by atoms with Crippen LogP contribution in [0.15, 0.2) is 24.3 Å². The molecule has 0 N–H and O–H groups in total. The van der Waals surface area contributed by atoms with Crippen LogP contribution in [0.2, 0.25) is 0 Å². The molecule has 0 aliphatic carbocycles. The molecule has 96 valence electrons. The molecular formula is C16H22N2. The Morgan fingerprint density at radius 3 is 2.89 bits per heavy atom. The second-order valence-electron chi connectivity index (χ2n) is 5.06. The van der Waals surface area contributed by atoms with Crippen LogP contribution in [0, 0.1) is 11.8 Å². The highest BCUT2D eigenvalue weighted by Crippen LogP contribution is 2.25. The van der Waals surface area contributed by atoms with Gasteiger partial charge in [0.15, 0.2) is 0 Å². The Balaban J connectivity index is 1.91. The molecule has 1 aromatic carbocycles. The summed E-state index contributed by atoms with van der Waals surface area (Å²) in [5.74, 6) is 6.56. The first kappa shape index (κ1) is 13.0. The lowest BCUT2D eigenvalue weighted by molar-refractivity contribution is 0.420. The fraction of sp³-hybridized carbons (Fsp3) is 0.500. The SMILES string of the molecule is CN(C)CCC#CCN1CCCc2ccccc21. The molecule has 1 aromatic rings. The van der Waals surface area contributed by atoms with Gasteiger partial charge in [-0.05, 0) is 38.6 Å². The number of hydrogen-bond acceptors (Lipinski definition) is 2. The maximum atomic E-state index is 3.30. The minimum absolute atomic E-state index is 0.866. The number of anilines is 1. The van der Waals surface area contributed by atoms with Gasteiger partial charge in [0.05, 0.1) is 6.54 Å². The lowest BCUT2D eigenvalue weighted by Gasteiger charge is -2.29. The summed E-state index contributed by atoms with van der Waals surface area (Å²) in [6.45, 7) is 3.05. The van der Waals surface area contributed by atoms with E-state index in [0.29, 0.717) is 0 Å². The number of fused-ring (bicyclic) bond motifs is 1. The Labute approximate surface area is 111 Å². The van der Waals surface area contributed by atoms with Crippen LogP contribution in [0.1, 0.15) is 18.4 Å². The molecule has 18 heavy (non-hydrogen) atoms. The molecule has 0 fully saturated rings. The van der Waals surface area contributed by atoms with Crippen LogP contribution in [0.25, 0.3) is 0 Å². The molecular weight excluding hydrogens is 220 g/mol. The van der Waals surface area contributed by atoms with Gasteiger partial charge in [-0.1, -0.05) is 24.1 Å². The molecule has 0 saturated heterocycles. The average molecular weight is 242 g/mol. The lowest BCUT2D eigenvalue weighted by Crippen LogP contribution is -2.29. The van der Waals surface area contributed by atoms with Gasteiger partial charge in [0.1, 0.15) is 0 Å². The van der Waals surface area contributed by atoms with Crippen molar-refractivity contribution in [2.45, 2.75) is 19.3 Å². The van der Waals surface area contributed by atoms with E-state index in [1.807, 2.05) is 0 Å². The molecule has 0 amide bonds. The summed E-state index contributed by atoms with van der Waals surface area (Å²) in [5.41, 5.74) is 2.85. The number of para-hydroxylation sites is 1. The Morgan fingerprint density at radius 1 is 1.22 bits per heavy atom. The summed E-state index contributed by atoms with van der Waals surface area (Å²) in [5, 5.41) is 0. The fourth-order valence-electron chi connectivity index (χ4n) is 2.30. The fourth-order valence-corrected chi connectivity index (χ4v) is 2.30. The second kappa shape index (κ2) is 6.47. The number of nitrogens with zero attached hydrogens (tertiary/aromatic N) is 2. The van der Waals surface area contributed by atoms with Crippen molar-refractivity contribution in [3.63, 3.8) is 0 Å². The highest BCUT2D eigenvalue weighted by atomic mass is 15.1. The van der Waals surface area contributed by atoms with Crippen molar-refractivity contribution in [3.8, 4) is 11.8 Å². The van der Waals surface area contributed by atoms with E-state index in [9.17, 15) is 0 Å². The van der Waals surface area contributed by atoms with Crippen molar-refractivity contribution >= 4 is 5.69 Å². The van der Waals surface area contributed by atoms with Crippen LogP contribution in [0.3, 0.4) is 0 Å². The molecule has 0 unspecified atom stereocenters. The molecule has 1 heterocycles. The third kappa shape index (κ3) is 3.51. The van der Waals surface area contributed by atoms with Crippen LogP contribution < -0.4 is 4.90 Å². The summed E-state index contributed by atoms with van der Waals surface area (Å²) < 4.78 is 0. The van der Waals surface area contributed by atoms with E-state index in [1.165, 1.54) is 24.1 Å². The molecule has 0 saturated carbocycles. The lowest BCUT2D eigenvalue weighted by atomic mass is 10.0.